The molecular weight excluding hydrogens is 584 g/mol. The average molecular weight is 614 g/mol. The number of rotatable bonds is 9. The number of H-pyrrole nitrogens is 1. The van der Waals surface area contributed by atoms with Gasteiger partial charge in [-0.3, -0.25) is 0 Å². The number of imidazole rings is 1. The second-order valence-electron chi connectivity index (χ2n) is 9.20. The van der Waals surface area contributed by atoms with Gasteiger partial charge in [-0.25, -0.2) is 23.5 Å². The summed E-state index contributed by atoms with van der Waals surface area (Å²) in [5, 5.41) is 8.59. The minimum absolute atomic E-state index is 0.0185. The van der Waals surface area contributed by atoms with Crippen LogP contribution in [0.15, 0.2) is 63.8 Å². The van der Waals surface area contributed by atoms with E-state index in [1.54, 1.807) is 25.4 Å². The topological polar surface area (TPSA) is 137 Å². The van der Waals surface area contributed by atoms with Crippen LogP contribution in [-0.2, 0) is 19.5 Å². The van der Waals surface area contributed by atoms with E-state index in [0.29, 0.717) is 46.0 Å². The summed E-state index contributed by atoms with van der Waals surface area (Å²) in [4.78, 5) is 12.7. The molecule has 4 N–H and O–H groups in total. The number of aromatic amines is 1. The first kappa shape index (κ1) is 27.1. The van der Waals surface area contributed by atoms with Crippen molar-refractivity contribution in [1.29, 1.82) is 0 Å². The largest absolute Gasteiger partial charge is 0.495 e. The van der Waals surface area contributed by atoms with Crippen LogP contribution >= 0.6 is 15.9 Å². The third-order valence-corrected chi connectivity index (χ3v) is 7.99. The Morgan fingerprint density at radius 1 is 1.23 bits per heavy atom. The maximum absolute atomic E-state index is 11.8. The molecule has 0 bridgehead atoms. The summed E-state index contributed by atoms with van der Waals surface area (Å²) in [7, 11) is -2.17. The SMILES string of the molecule is COCCOC1=CC(n2c(C)cc(-c3nc4ncc(Br)c(Nc5cccc(S(N)(=O)=O)c5)c4[nH]3)c2C)=CCC1. The predicted octanol–water partition coefficient (Wildman–Crippen LogP) is 5.38. The average Bonchev–Trinajstić information content (AvgIpc) is 3.46. The molecule has 0 radical (unpaired) electrons. The van der Waals surface area contributed by atoms with Gasteiger partial charge in [0.05, 0.1) is 27.4 Å². The molecule has 0 aliphatic heterocycles. The van der Waals surface area contributed by atoms with Crippen molar-refractivity contribution in [3.05, 3.63) is 70.3 Å². The van der Waals surface area contributed by atoms with Gasteiger partial charge in [-0.2, -0.15) is 0 Å². The van der Waals surface area contributed by atoms with E-state index in [-0.39, 0.29) is 4.90 Å². The van der Waals surface area contributed by atoms with Crippen LogP contribution in [0.2, 0.25) is 0 Å². The van der Waals surface area contributed by atoms with E-state index in [9.17, 15) is 8.42 Å². The van der Waals surface area contributed by atoms with Gasteiger partial charge in [0.15, 0.2) is 5.65 Å². The fourth-order valence-corrected chi connectivity index (χ4v) is 5.62. The highest BCUT2D eigenvalue weighted by molar-refractivity contribution is 9.10. The predicted molar refractivity (Wildman–Crippen MR) is 155 cm³/mol. The number of ether oxygens (including phenoxy) is 2. The van der Waals surface area contributed by atoms with Gasteiger partial charge in [0, 0.05) is 48.1 Å². The molecule has 1 aliphatic rings. The summed E-state index contributed by atoms with van der Waals surface area (Å²) in [6, 6.07) is 8.42. The molecular formula is C27H29BrN6O4S. The van der Waals surface area contributed by atoms with Crippen molar-refractivity contribution < 1.29 is 17.9 Å². The molecule has 10 nitrogen and oxygen atoms in total. The van der Waals surface area contributed by atoms with E-state index >= 15 is 0 Å². The van der Waals surface area contributed by atoms with Crippen molar-refractivity contribution in [2.24, 2.45) is 5.14 Å². The standard InChI is InChI=1S/C27H29BrN6O4S/c1-16-12-22(17(2)34(16)19-7-5-8-20(14-19)38-11-10-37-3)26-32-25-24(23(28)15-30-27(25)33-26)31-18-6-4-9-21(13-18)39(29,35)36/h4,6-7,9,12-15H,5,8,10-11H2,1-3H3,(H2,29,35,36)(H2,30,31,32,33). The first-order valence-electron chi connectivity index (χ1n) is 12.3. The van der Waals surface area contributed by atoms with Crippen LogP contribution in [0.1, 0.15) is 24.2 Å². The van der Waals surface area contributed by atoms with Gasteiger partial charge in [-0.05, 0) is 66.5 Å². The zero-order valence-corrected chi connectivity index (χ0v) is 24.2. The number of nitrogens with one attached hydrogen (secondary N) is 2. The first-order chi connectivity index (χ1) is 18.7. The van der Waals surface area contributed by atoms with Crippen molar-refractivity contribution in [3.63, 3.8) is 0 Å². The molecule has 0 amide bonds. The van der Waals surface area contributed by atoms with Crippen molar-refractivity contribution in [3.8, 4) is 11.4 Å². The lowest BCUT2D eigenvalue weighted by molar-refractivity contribution is 0.106. The monoisotopic (exact) mass is 612 g/mol. The van der Waals surface area contributed by atoms with Crippen LogP contribution < -0.4 is 10.5 Å². The lowest BCUT2D eigenvalue weighted by Gasteiger charge is -2.18. The van der Waals surface area contributed by atoms with Crippen LogP contribution in [0.5, 0.6) is 0 Å². The molecule has 0 saturated carbocycles. The van der Waals surface area contributed by atoms with Crippen molar-refractivity contribution >= 4 is 54.2 Å². The number of nitrogens with zero attached hydrogens (tertiary/aromatic N) is 3. The molecule has 12 heteroatoms. The van der Waals surface area contributed by atoms with Gasteiger partial charge in [-0.1, -0.05) is 12.1 Å². The highest BCUT2D eigenvalue weighted by Crippen LogP contribution is 2.36. The Labute approximate surface area is 235 Å². The first-order valence-corrected chi connectivity index (χ1v) is 14.7. The van der Waals surface area contributed by atoms with Gasteiger partial charge in [0.25, 0.3) is 0 Å². The molecule has 0 fully saturated rings. The number of halogens is 1. The fourth-order valence-electron chi connectivity index (χ4n) is 4.66. The molecule has 4 aromatic rings. The van der Waals surface area contributed by atoms with E-state index in [2.05, 4.69) is 67.8 Å². The number of pyridine rings is 1. The minimum Gasteiger partial charge on any atom is -0.495 e. The Kier molecular flexibility index (Phi) is 7.63. The smallest absolute Gasteiger partial charge is 0.238 e. The number of fused-ring (bicyclic) bond motifs is 1. The van der Waals surface area contributed by atoms with Crippen molar-refractivity contribution in [1.82, 2.24) is 19.5 Å². The Morgan fingerprint density at radius 3 is 2.82 bits per heavy atom. The summed E-state index contributed by atoms with van der Waals surface area (Å²) in [5.74, 6) is 1.62. The molecule has 0 saturated heterocycles. The van der Waals surface area contributed by atoms with Crippen LogP contribution in [0.25, 0.3) is 28.2 Å². The summed E-state index contributed by atoms with van der Waals surface area (Å²) in [5.41, 5.74) is 6.54. The number of aryl methyl sites for hydroxylation is 1. The number of primary sulfonamides is 1. The second kappa shape index (κ2) is 11.0. The van der Waals surface area contributed by atoms with Crippen LogP contribution in [-0.4, -0.2) is 48.3 Å². The van der Waals surface area contributed by atoms with E-state index in [1.165, 1.54) is 12.1 Å². The minimum atomic E-state index is -3.84. The second-order valence-corrected chi connectivity index (χ2v) is 11.6. The Bertz CT molecular complexity index is 1720. The zero-order valence-electron chi connectivity index (χ0n) is 21.8. The van der Waals surface area contributed by atoms with Gasteiger partial charge in [-0.15, -0.1) is 0 Å². The lowest BCUT2D eigenvalue weighted by Crippen LogP contribution is -2.12. The Balaban J connectivity index is 1.50. The van der Waals surface area contributed by atoms with Gasteiger partial charge in [0.1, 0.15) is 17.9 Å². The maximum Gasteiger partial charge on any atom is 0.238 e. The molecule has 0 unspecified atom stereocenters. The molecule has 3 aromatic heterocycles. The zero-order chi connectivity index (χ0) is 27.7. The lowest BCUT2D eigenvalue weighted by atomic mass is 10.1. The normalized spacial score (nSPS) is 13.9. The number of hydrogen-bond donors (Lipinski definition) is 3. The number of benzene rings is 1. The summed E-state index contributed by atoms with van der Waals surface area (Å²) in [6.07, 6.45) is 7.70. The summed E-state index contributed by atoms with van der Waals surface area (Å²) < 4.78 is 37.5. The van der Waals surface area contributed by atoms with E-state index in [1.807, 2.05) is 0 Å². The summed E-state index contributed by atoms with van der Waals surface area (Å²) in [6.45, 7) is 5.20. The number of allylic oxidation sites excluding steroid dienone is 4. The molecule has 1 aliphatic carbocycles. The molecule has 39 heavy (non-hydrogen) atoms. The molecule has 3 heterocycles. The molecule has 204 valence electrons. The summed E-state index contributed by atoms with van der Waals surface area (Å²) >= 11 is 3.56. The molecule has 5 rings (SSSR count). The van der Waals surface area contributed by atoms with Gasteiger partial charge in [0.2, 0.25) is 10.0 Å². The van der Waals surface area contributed by atoms with Crippen molar-refractivity contribution in [2.75, 3.05) is 25.6 Å². The molecule has 0 atom stereocenters. The number of nitrogens with two attached hydrogens (primary N) is 1. The third-order valence-electron chi connectivity index (χ3n) is 6.48. The highest BCUT2D eigenvalue weighted by atomic mass is 79.9. The number of sulfonamides is 1. The highest BCUT2D eigenvalue weighted by Gasteiger charge is 2.20. The Hall–Kier alpha value is -3.45. The van der Waals surface area contributed by atoms with Crippen LogP contribution in [0.4, 0.5) is 11.4 Å². The Morgan fingerprint density at radius 2 is 2.05 bits per heavy atom. The van der Waals surface area contributed by atoms with E-state index < -0.39 is 10.0 Å². The van der Waals surface area contributed by atoms with Crippen LogP contribution in [0, 0.1) is 13.8 Å². The number of anilines is 2. The van der Waals surface area contributed by atoms with Crippen molar-refractivity contribution in [2.45, 2.75) is 31.6 Å². The fraction of sp³-hybridized carbons (Fsp3) is 0.259. The quantitative estimate of drug-likeness (QED) is 0.216. The number of methoxy groups -OCH3 is 1. The number of aromatic nitrogens is 4. The molecule has 0 spiro atoms. The molecule has 1 aromatic carbocycles. The number of hydrogen-bond acceptors (Lipinski definition) is 7. The van der Waals surface area contributed by atoms with Gasteiger partial charge >= 0.3 is 0 Å². The van der Waals surface area contributed by atoms with E-state index in [4.69, 9.17) is 19.6 Å². The maximum atomic E-state index is 11.8. The van der Waals surface area contributed by atoms with Crippen LogP contribution in [0.3, 0.4) is 0 Å². The van der Waals surface area contributed by atoms with E-state index in [0.717, 1.165) is 41.2 Å². The van der Waals surface area contributed by atoms with Gasteiger partial charge < -0.3 is 24.3 Å². The third kappa shape index (κ3) is 5.64.